The summed E-state index contributed by atoms with van der Waals surface area (Å²) in [6, 6.07) is 17.1. The van der Waals surface area contributed by atoms with Crippen molar-refractivity contribution in [3.63, 3.8) is 0 Å². The molecule has 0 atom stereocenters. The number of nitrogens with two attached hydrogens (primary N) is 1. The van der Waals surface area contributed by atoms with Crippen LogP contribution in [0, 0.1) is 0 Å². The Bertz CT molecular complexity index is 1190. The SMILES string of the molecule is CC(C)c1nc(C2CCC(N)CC2)n(Cc2ccc(-c3ccccc3-c3nnn[nH]3)cc2)n1. The zero-order valence-electron chi connectivity index (χ0n) is 19.1. The number of nitrogens with zero attached hydrogens (tertiary/aromatic N) is 6. The number of hydrogen-bond donors (Lipinski definition) is 2. The zero-order chi connectivity index (χ0) is 22.8. The molecule has 3 N–H and O–H groups in total. The fourth-order valence-electron chi connectivity index (χ4n) is 4.59. The molecular weight excluding hydrogens is 412 g/mol. The van der Waals surface area contributed by atoms with Crippen LogP contribution in [0.15, 0.2) is 48.5 Å². The van der Waals surface area contributed by atoms with Gasteiger partial charge in [0.05, 0.1) is 6.54 Å². The Morgan fingerprint density at radius 1 is 1.00 bits per heavy atom. The highest BCUT2D eigenvalue weighted by molar-refractivity contribution is 5.80. The Morgan fingerprint density at radius 2 is 1.73 bits per heavy atom. The minimum Gasteiger partial charge on any atom is -0.328 e. The largest absolute Gasteiger partial charge is 0.328 e. The van der Waals surface area contributed by atoms with Crippen LogP contribution in [0.5, 0.6) is 0 Å². The number of hydrogen-bond acceptors (Lipinski definition) is 6. The summed E-state index contributed by atoms with van der Waals surface area (Å²) in [7, 11) is 0. The molecule has 2 aromatic heterocycles. The van der Waals surface area contributed by atoms with Gasteiger partial charge in [0, 0.05) is 23.4 Å². The van der Waals surface area contributed by atoms with E-state index in [1.807, 2.05) is 18.2 Å². The maximum Gasteiger partial charge on any atom is 0.180 e. The van der Waals surface area contributed by atoms with Crippen molar-refractivity contribution in [1.82, 2.24) is 35.4 Å². The van der Waals surface area contributed by atoms with E-state index in [-0.39, 0.29) is 0 Å². The van der Waals surface area contributed by atoms with Gasteiger partial charge in [0.25, 0.3) is 0 Å². The van der Waals surface area contributed by atoms with Crippen molar-refractivity contribution in [3.8, 4) is 22.5 Å². The van der Waals surface area contributed by atoms with E-state index >= 15 is 0 Å². The molecule has 0 saturated heterocycles. The number of H-pyrrole nitrogens is 1. The fraction of sp³-hybridized carbons (Fsp3) is 0.400. The molecule has 170 valence electrons. The van der Waals surface area contributed by atoms with Crippen LogP contribution in [0.25, 0.3) is 22.5 Å². The van der Waals surface area contributed by atoms with Crippen molar-refractivity contribution in [3.05, 3.63) is 65.7 Å². The second kappa shape index (κ2) is 9.23. The van der Waals surface area contributed by atoms with Gasteiger partial charge in [-0.25, -0.2) is 14.8 Å². The van der Waals surface area contributed by atoms with Gasteiger partial charge in [-0.05, 0) is 52.8 Å². The lowest BCUT2D eigenvalue weighted by molar-refractivity contribution is 0.374. The van der Waals surface area contributed by atoms with E-state index in [9.17, 15) is 0 Å². The third-order valence-electron chi connectivity index (χ3n) is 6.49. The molecule has 1 aliphatic rings. The van der Waals surface area contributed by atoms with Crippen LogP contribution < -0.4 is 5.73 Å². The molecule has 5 rings (SSSR count). The molecule has 0 spiro atoms. The number of aromatic nitrogens is 7. The third-order valence-corrected chi connectivity index (χ3v) is 6.49. The summed E-state index contributed by atoms with van der Waals surface area (Å²) in [6.45, 7) is 5.01. The Hall–Kier alpha value is -3.39. The van der Waals surface area contributed by atoms with Crippen molar-refractivity contribution in [2.24, 2.45) is 5.73 Å². The second-order valence-electron chi connectivity index (χ2n) is 9.24. The second-order valence-corrected chi connectivity index (χ2v) is 9.24. The molecule has 0 bridgehead atoms. The van der Waals surface area contributed by atoms with Gasteiger partial charge in [-0.2, -0.15) is 5.10 Å². The molecule has 0 radical (unpaired) electrons. The summed E-state index contributed by atoms with van der Waals surface area (Å²) >= 11 is 0. The van der Waals surface area contributed by atoms with Gasteiger partial charge in [-0.1, -0.05) is 62.4 Å². The maximum absolute atomic E-state index is 6.14. The van der Waals surface area contributed by atoms with E-state index < -0.39 is 0 Å². The third kappa shape index (κ3) is 4.57. The molecule has 33 heavy (non-hydrogen) atoms. The number of rotatable bonds is 6. The van der Waals surface area contributed by atoms with Crippen molar-refractivity contribution in [1.29, 1.82) is 0 Å². The first-order valence-corrected chi connectivity index (χ1v) is 11.7. The first kappa shape index (κ1) is 21.5. The van der Waals surface area contributed by atoms with Gasteiger partial charge < -0.3 is 5.73 Å². The van der Waals surface area contributed by atoms with Gasteiger partial charge in [-0.15, -0.1) is 5.10 Å². The highest BCUT2D eigenvalue weighted by Crippen LogP contribution is 2.33. The summed E-state index contributed by atoms with van der Waals surface area (Å²) in [5.41, 5.74) is 10.5. The lowest BCUT2D eigenvalue weighted by atomic mass is 9.86. The van der Waals surface area contributed by atoms with Crippen LogP contribution in [-0.2, 0) is 6.54 Å². The number of aromatic amines is 1. The number of benzene rings is 2. The summed E-state index contributed by atoms with van der Waals surface area (Å²) in [6.07, 6.45) is 4.29. The molecule has 0 aliphatic heterocycles. The Balaban J connectivity index is 1.41. The Kier molecular flexibility index (Phi) is 6.00. The van der Waals surface area contributed by atoms with E-state index in [1.54, 1.807) is 0 Å². The predicted octanol–water partition coefficient (Wildman–Crippen LogP) is 4.28. The van der Waals surface area contributed by atoms with Crippen LogP contribution in [0.2, 0.25) is 0 Å². The predicted molar refractivity (Wildman–Crippen MR) is 127 cm³/mol. The normalized spacial score (nSPS) is 18.7. The van der Waals surface area contributed by atoms with Crippen LogP contribution in [0.3, 0.4) is 0 Å². The van der Waals surface area contributed by atoms with Crippen molar-refractivity contribution in [2.75, 3.05) is 0 Å². The van der Waals surface area contributed by atoms with Crippen molar-refractivity contribution >= 4 is 0 Å². The summed E-state index contributed by atoms with van der Waals surface area (Å²) in [4.78, 5) is 4.95. The van der Waals surface area contributed by atoms with Gasteiger partial charge >= 0.3 is 0 Å². The number of nitrogens with one attached hydrogen (secondary N) is 1. The quantitative estimate of drug-likeness (QED) is 0.461. The van der Waals surface area contributed by atoms with Crippen LogP contribution in [-0.4, -0.2) is 41.4 Å². The standard InChI is InChI=1S/C25H30N8/c1-16(2)23-27-25(19-11-13-20(26)14-12-19)33(30-23)15-17-7-9-18(10-8-17)21-5-3-4-6-22(21)24-28-31-32-29-24/h3-10,16,19-20H,11-15,26H2,1-2H3,(H,28,29,31,32). The summed E-state index contributed by atoms with van der Waals surface area (Å²) < 4.78 is 2.11. The lowest BCUT2D eigenvalue weighted by Crippen LogP contribution is -2.27. The van der Waals surface area contributed by atoms with E-state index in [2.05, 4.69) is 69.5 Å². The molecule has 4 aromatic rings. The van der Waals surface area contributed by atoms with Gasteiger partial charge in [0.1, 0.15) is 5.82 Å². The van der Waals surface area contributed by atoms with Crippen molar-refractivity contribution in [2.45, 2.75) is 64.0 Å². The highest BCUT2D eigenvalue weighted by Gasteiger charge is 2.26. The minimum atomic E-state index is 0.306. The average molecular weight is 443 g/mol. The fourth-order valence-corrected chi connectivity index (χ4v) is 4.59. The topological polar surface area (TPSA) is 111 Å². The van der Waals surface area contributed by atoms with E-state index in [1.165, 1.54) is 5.56 Å². The Morgan fingerprint density at radius 3 is 2.39 bits per heavy atom. The maximum atomic E-state index is 6.14. The average Bonchev–Trinajstić information content (AvgIpc) is 3.51. The molecule has 2 heterocycles. The molecule has 0 unspecified atom stereocenters. The van der Waals surface area contributed by atoms with Crippen LogP contribution >= 0.6 is 0 Å². The van der Waals surface area contributed by atoms with Crippen LogP contribution in [0.1, 0.15) is 68.6 Å². The smallest absolute Gasteiger partial charge is 0.180 e. The van der Waals surface area contributed by atoms with Gasteiger partial charge in [0.15, 0.2) is 11.6 Å². The molecule has 1 aliphatic carbocycles. The molecule has 2 aromatic carbocycles. The van der Waals surface area contributed by atoms with Gasteiger partial charge in [0.2, 0.25) is 0 Å². The molecule has 1 saturated carbocycles. The van der Waals surface area contributed by atoms with E-state index in [0.717, 1.165) is 54.0 Å². The van der Waals surface area contributed by atoms with E-state index in [0.29, 0.717) is 30.2 Å². The number of tetrazole rings is 1. The van der Waals surface area contributed by atoms with Gasteiger partial charge in [-0.3, -0.25) is 0 Å². The minimum absolute atomic E-state index is 0.306. The molecular formula is C25H30N8. The molecule has 8 heteroatoms. The van der Waals surface area contributed by atoms with Crippen molar-refractivity contribution < 1.29 is 0 Å². The van der Waals surface area contributed by atoms with E-state index in [4.69, 9.17) is 15.8 Å². The molecule has 0 amide bonds. The first-order valence-electron chi connectivity index (χ1n) is 11.7. The highest BCUT2D eigenvalue weighted by atomic mass is 15.5. The monoisotopic (exact) mass is 442 g/mol. The molecule has 1 fully saturated rings. The summed E-state index contributed by atoms with van der Waals surface area (Å²) in [5.74, 6) is 3.44. The zero-order valence-corrected chi connectivity index (χ0v) is 19.1. The molecule has 8 nitrogen and oxygen atoms in total. The summed E-state index contributed by atoms with van der Waals surface area (Å²) in [5, 5.41) is 19.2. The van der Waals surface area contributed by atoms with Crippen LogP contribution in [0.4, 0.5) is 0 Å². The Labute approximate surface area is 193 Å². The lowest BCUT2D eigenvalue weighted by Gasteiger charge is -2.25. The first-order chi connectivity index (χ1) is 16.1.